The average Bonchev–Trinajstić information content (AvgIpc) is 2.68. The zero-order chi connectivity index (χ0) is 12.0. The zero-order valence-electron chi connectivity index (χ0n) is 9.19. The molecule has 6 nitrogen and oxygen atoms in total. The summed E-state index contributed by atoms with van der Waals surface area (Å²) in [5, 5.41) is 20.4. The number of nitrogens with zero attached hydrogens (tertiary/aromatic N) is 1. The van der Waals surface area contributed by atoms with Gasteiger partial charge in [-0.25, -0.2) is 0 Å². The zero-order valence-corrected chi connectivity index (χ0v) is 9.19. The minimum absolute atomic E-state index is 0.0139. The monoisotopic (exact) mass is 230 g/mol. The number of nitrogens with one attached hydrogen (secondary N) is 1. The van der Waals surface area contributed by atoms with Crippen molar-refractivity contribution in [1.82, 2.24) is 10.2 Å². The molecule has 92 valence electrons. The van der Waals surface area contributed by atoms with Crippen molar-refractivity contribution >= 4 is 11.9 Å². The van der Waals surface area contributed by atoms with Crippen LogP contribution in [0.3, 0.4) is 0 Å². The Hall–Kier alpha value is -1.14. The van der Waals surface area contributed by atoms with Gasteiger partial charge in [-0.1, -0.05) is 0 Å². The van der Waals surface area contributed by atoms with Crippen LogP contribution in [0.5, 0.6) is 0 Å². The molecule has 1 atom stereocenters. The summed E-state index contributed by atoms with van der Waals surface area (Å²) < 4.78 is 0. The molecule has 0 aliphatic carbocycles. The molecule has 1 saturated heterocycles. The summed E-state index contributed by atoms with van der Waals surface area (Å²) in [7, 11) is 0. The van der Waals surface area contributed by atoms with Crippen molar-refractivity contribution in [2.24, 2.45) is 0 Å². The second-order valence-corrected chi connectivity index (χ2v) is 3.97. The number of likely N-dealkylation sites (tertiary alicyclic amines) is 1. The number of carboxylic acid groups (broad SMARTS) is 1. The number of carbonyl (C=O) groups is 2. The van der Waals surface area contributed by atoms with Gasteiger partial charge in [-0.3, -0.25) is 9.59 Å². The van der Waals surface area contributed by atoms with E-state index in [1.54, 1.807) is 4.90 Å². The summed E-state index contributed by atoms with van der Waals surface area (Å²) in [4.78, 5) is 23.5. The molecular formula is C10H18N2O4. The number of aliphatic carboxylic acids is 1. The maximum atomic E-state index is 11.5. The quantitative estimate of drug-likeness (QED) is 0.546. The molecule has 0 spiro atoms. The lowest BCUT2D eigenvalue weighted by Crippen LogP contribution is -2.39. The highest BCUT2D eigenvalue weighted by Gasteiger charge is 2.17. The van der Waals surface area contributed by atoms with Gasteiger partial charge in [0.05, 0.1) is 19.1 Å². The van der Waals surface area contributed by atoms with E-state index >= 15 is 0 Å². The van der Waals surface area contributed by atoms with E-state index in [0.717, 1.165) is 25.9 Å². The molecule has 1 rings (SSSR count). The fraction of sp³-hybridized carbons (Fsp3) is 0.800. The molecule has 3 N–H and O–H groups in total. The summed E-state index contributed by atoms with van der Waals surface area (Å²) >= 11 is 0. The number of hydrogen-bond acceptors (Lipinski definition) is 4. The van der Waals surface area contributed by atoms with Crippen molar-refractivity contribution in [1.29, 1.82) is 0 Å². The standard InChI is InChI=1S/C10H18N2O4/c13-8(5-10(15)16)6-11-7-9(14)12-3-1-2-4-12/h8,11,13H,1-7H2,(H,15,16). The van der Waals surface area contributed by atoms with Gasteiger partial charge in [-0.2, -0.15) is 0 Å². The Morgan fingerprint density at radius 2 is 1.94 bits per heavy atom. The van der Waals surface area contributed by atoms with Gasteiger partial charge in [-0.05, 0) is 12.8 Å². The van der Waals surface area contributed by atoms with Gasteiger partial charge in [0, 0.05) is 19.6 Å². The Labute approximate surface area is 94.2 Å². The average molecular weight is 230 g/mol. The highest BCUT2D eigenvalue weighted by Crippen LogP contribution is 2.06. The van der Waals surface area contributed by atoms with Crippen LogP contribution in [-0.4, -0.2) is 59.3 Å². The lowest BCUT2D eigenvalue weighted by molar-refractivity contribution is -0.139. The van der Waals surface area contributed by atoms with E-state index in [4.69, 9.17) is 5.11 Å². The number of carboxylic acids is 1. The molecule has 16 heavy (non-hydrogen) atoms. The van der Waals surface area contributed by atoms with E-state index in [1.807, 2.05) is 0 Å². The maximum absolute atomic E-state index is 11.5. The van der Waals surface area contributed by atoms with E-state index in [-0.39, 0.29) is 25.4 Å². The topological polar surface area (TPSA) is 89.9 Å². The molecule has 0 radical (unpaired) electrons. The molecule has 0 bridgehead atoms. The van der Waals surface area contributed by atoms with Gasteiger partial charge in [0.15, 0.2) is 0 Å². The predicted octanol–water partition coefficient (Wildman–Crippen LogP) is -0.966. The number of rotatable bonds is 6. The second-order valence-electron chi connectivity index (χ2n) is 3.97. The minimum Gasteiger partial charge on any atom is -0.481 e. The van der Waals surface area contributed by atoms with Crippen LogP contribution in [0.1, 0.15) is 19.3 Å². The third kappa shape index (κ3) is 4.59. The Morgan fingerprint density at radius 1 is 1.31 bits per heavy atom. The second kappa shape index (κ2) is 6.44. The van der Waals surface area contributed by atoms with Crippen molar-refractivity contribution in [3.8, 4) is 0 Å². The maximum Gasteiger partial charge on any atom is 0.306 e. The molecule has 1 fully saturated rings. The molecular weight excluding hydrogens is 212 g/mol. The first-order valence-corrected chi connectivity index (χ1v) is 5.48. The van der Waals surface area contributed by atoms with E-state index in [1.165, 1.54) is 0 Å². The highest BCUT2D eigenvalue weighted by molar-refractivity contribution is 5.78. The lowest BCUT2D eigenvalue weighted by atomic mass is 10.2. The fourth-order valence-electron chi connectivity index (χ4n) is 1.70. The smallest absolute Gasteiger partial charge is 0.306 e. The normalized spacial score (nSPS) is 17.4. The Balaban J connectivity index is 2.10. The van der Waals surface area contributed by atoms with Crippen LogP contribution in [0.4, 0.5) is 0 Å². The molecule has 0 saturated carbocycles. The number of hydrogen-bond donors (Lipinski definition) is 3. The van der Waals surface area contributed by atoms with Crippen LogP contribution in [0.2, 0.25) is 0 Å². The molecule has 1 aliphatic heterocycles. The number of amides is 1. The van der Waals surface area contributed by atoms with Gasteiger partial charge in [0.2, 0.25) is 5.91 Å². The number of carbonyl (C=O) groups excluding carboxylic acids is 1. The van der Waals surface area contributed by atoms with Crippen molar-refractivity contribution in [2.75, 3.05) is 26.2 Å². The lowest BCUT2D eigenvalue weighted by Gasteiger charge is -2.16. The molecule has 1 amide bonds. The molecule has 6 heteroatoms. The van der Waals surface area contributed by atoms with Crippen molar-refractivity contribution in [3.05, 3.63) is 0 Å². The van der Waals surface area contributed by atoms with E-state index in [9.17, 15) is 14.7 Å². The predicted molar refractivity (Wildman–Crippen MR) is 56.9 cm³/mol. The molecule has 0 aromatic heterocycles. The first-order chi connectivity index (χ1) is 7.59. The Kier molecular flexibility index (Phi) is 5.21. The van der Waals surface area contributed by atoms with Crippen molar-refractivity contribution < 1.29 is 19.8 Å². The van der Waals surface area contributed by atoms with Crippen LogP contribution in [0, 0.1) is 0 Å². The Bertz CT molecular complexity index is 251. The molecule has 0 aromatic rings. The third-order valence-electron chi connectivity index (χ3n) is 2.53. The number of aliphatic hydroxyl groups excluding tert-OH is 1. The summed E-state index contributed by atoms with van der Waals surface area (Å²) in [6.07, 6.45) is 0.856. The van der Waals surface area contributed by atoms with Crippen LogP contribution in [0.15, 0.2) is 0 Å². The van der Waals surface area contributed by atoms with Crippen molar-refractivity contribution in [2.45, 2.75) is 25.4 Å². The summed E-state index contributed by atoms with van der Waals surface area (Å²) in [6, 6.07) is 0. The summed E-state index contributed by atoms with van der Waals surface area (Å²) in [5.74, 6) is -1.03. The van der Waals surface area contributed by atoms with Gasteiger partial charge in [-0.15, -0.1) is 0 Å². The first kappa shape index (κ1) is 12.9. The molecule has 1 heterocycles. The van der Waals surface area contributed by atoms with Crippen LogP contribution in [-0.2, 0) is 9.59 Å². The van der Waals surface area contributed by atoms with Crippen molar-refractivity contribution in [3.63, 3.8) is 0 Å². The van der Waals surface area contributed by atoms with Gasteiger partial charge in [0.25, 0.3) is 0 Å². The van der Waals surface area contributed by atoms with Crippen LogP contribution >= 0.6 is 0 Å². The largest absolute Gasteiger partial charge is 0.481 e. The molecule has 0 aromatic carbocycles. The van der Waals surface area contributed by atoms with Crippen LogP contribution < -0.4 is 5.32 Å². The first-order valence-electron chi connectivity index (χ1n) is 5.48. The Morgan fingerprint density at radius 3 is 2.50 bits per heavy atom. The van der Waals surface area contributed by atoms with E-state index in [0.29, 0.717) is 0 Å². The fourth-order valence-corrected chi connectivity index (χ4v) is 1.70. The highest BCUT2D eigenvalue weighted by atomic mass is 16.4. The minimum atomic E-state index is -1.04. The van der Waals surface area contributed by atoms with Crippen LogP contribution in [0.25, 0.3) is 0 Å². The summed E-state index contributed by atoms with van der Waals surface area (Å²) in [5.41, 5.74) is 0. The molecule has 1 aliphatic rings. The number of aliphatic hydroxyl groups is 1. The SMILES string of the molecule is O=C(O)CC(O)CNCC(=O)N1CCCC1. The third-order valence-corrected chi connectivity index (χ3v) is 2.53. The molecule has 1 unspecified atom stereocenters. The van der Waals surface area contributed by atoms with Gasteiger partial charge < -0.3 is 20.4 Å². The van der Waals surface area contributed by atoms with E-state index < -0.39 is 12.1 Å². The van der Waals surface area contributed by atoms with Gasteiger partial charge in [0.1, 0.15) is 0 Å². The van der Waals surface area contributed by atoms with Gasteiger partial charge >= 0.3 is 5.97 Å². The van der Waals surface area contributed by atoms with E-state index in [2.05, 4.69) is 5.32 Å². The summed E-state index contributed by atoms with van der Waals surface area (Å²) in [6.45, 7) is 1.90.